The smallest absolute Gasteiger partial charge is 0.407 e. The summed E-state index contributed by atoms with van der Waals surface area (Å²) in [5.41, 5.74) is 1.55. The molecule has 1 atom stereocenters. The van der Waals surface area contributed by atoms with Crippen LogP contribution in [0.5, 0.6) is 0 Å². The number of aromatic nitrogens is 1. The summed E-state index contributed by atoms with van der Waals surface area (Å²) in [6, 6.07) is 11.9. The van der Waals surface area contributed by atoms with Gasteiger partial charge >= 0.3 is 6.09 Å². The number of nitrogens with one attached hydrogen (secondary N) is 2. The van der Waals surface area contributed by atoms with Gasteiger partial charge in [-0.1, -0.05) is 70.1 Å². The molecule has 3 rings (SSSR count). The Hall–Kier alpha value is -4.21. The first-order valence-electron chi connectivity index (χ1n) is 12.9. The number of benzene rings is 1. The Balaban J connectivity index is 0.00000124. The molecule has 210 valence electrons. The van der Waals surface area contributed by atoms with Crippen molar-refractivity contribution >= 4 is 23.6 Å². The summed E-state index contributed by atoms with van der Waals surface area (Å²) in [4.78, 5) is 48.3. The number of rotatable bonds is 11. The quantitative estimate of drug-likeness (QED) is 0.440. The lowest BCUT2D eigenvalue weighted by atomic mass is 9.99. The van der Waals surface area contributed by atoms with E-state index < -0.39 is 18.0 Å². The molecule has 1 aliphatic rings. The van der Waals surface area contributed by atoms with Gasteiger partial charge in [0.25, 0.3) is 0 Å². The Morgan fingerprint density at radius 2 is 1.67 bits per heavy atom. The fourth-order valence-electron chi connectivity index (χ4n) is 3.37. The number of ether oxygens (including phenoxy) is 1. The summed E-state index contributed by atoms with van der Waals surface area (Å²) in [5.74, 6) is 0.873. The third-order valence-corrected chi connectivity index (χ3v) is 5.08. The minimum absolute atomic E-state index is 0.0892. The number of hydrogen-bond donors (Lipinski definition) is 2. The van der Waals surface area contributed by atoms with E-state index in [4.69, 9.17) is 9.57 Å². The summed E-state index contributed by atoms with van der Waals surface area (Å²) in [6.45, 7) is 13.9. The highest BCUT2D eigenvalue weighted by Gasteiger charge is 2.31. The standard InChI is InChI=1S/C25H29N5O5.C4H10/c1-17(2)13-21(28-23(32)14-27-25(33)34-16-19-7-5-4-6-8-19)22(31)15-30-18(3)35-29-24(30)20-9-11-26-12-10-20;1-4(2)3/h4-12,17,21H,3,13-16H2,1-2H3,(H,27,33)(H,28,32);4H,1-3H3. The topological polar surface area (TPSA) is 122 Å². The van der Waals surface area contributed by atoms with Gasteiger partial charge in [-0.2, -0.15) is 0 Å². The van der Waals surface area contributed by atoms with Gasteiger partial charge in [0, 0.05) is 18.0 Å². The molecule has 1 aromatic heterocycles. The van der Waals surface area contributed by atoms with Crippen LogP contribution in [0.2, 0.25) is 0 Å². The van der Waals surface area contributed by atoms with Gasteiger partial charge in [0.15, 0.2) is 11.6 Å². The van der Waals surface area contributed by atoms with Gasteiger partial charge < -0.3 is 20.2 Å². The second-order valence-electron chi connectivity index (χ2n) is 10.1. The summed E-state index contributed by atoms with van der Waals surface area (Å²) in [5, 5.41) is 9.13. The summed E-state index contributed by atoms with van der Waals surface area (Å²) in [6.07, 6.45) is 2.92. The van der Waals surface area contributed by atoms with Crippen LogP contribution in [-0.2, 0) is 25.8 Å². The van der Waals surface area contributed by atoms with Gasteiger partial charge in [0.2, 0.25) is 11.8 Å². The van der Waals surface area contributed by atoms with Crippen LogP contribution in [-0.4, -0.2) is 52.6 Å². The molecule has 2 aromatic rings. The monoisotopic (exact) mass is 537 g/mol. The molecule has 0 fully saturated rings. The van der Waals surface area contributed by atoms with Gasteiger partial charge in [-0.3, -0.25) is 19.5 Å². The molecule has 0 saturated heterocycles. The van der Waals surface area contributed by atoms with Crippen molar-refractivity contribution < 1.29 is 24.0 Å². The molecule has 2 amide bonds. The SMILES string of the molecule is C=C1ON=C(c2ccncc2)N1CC(=O)C(CC(C)C)NC(=O)CNC(=O)OCc1ccccc1.CC(C)C. The summed E-state index contributed by atoms with van der Waals surface area (Å²) >= 11 is 0. The van der Waals surface area contributed by atoms with Crippen molar-refractivity contribution in [3.63, 3.8) is 0 Å². The number of alkyl carbamates (subject to hydrolysis) is 1. The fourth-order valence-corrected chi connectivity index (χ4v) is 3.37. The predicted molar refractivity (Wildman–Crippen MR) is 149 cm³/mol. The first-order chi connectivity index (χ1) is 18.6. The highest BCUT2D eigenvalue weighted by atomic mass is 16.7. The maximum atomic E-state index is 13.2. The van der Waals surface area contributed by atoms with Crippen molar-refractivity contribution in [2.24, 2.45) is 17.0 Å². The van der Waals surface area contributed by atoms with E-state index in [1.807, 2.05) is 44.2 Å². The number of oxime groups is 1. The maximum Gasteiger partial charge on any atom is 0.407 e. The molecule has 0 saturated carbocycles. The van der Waals surface area contributed by atoms with E-state index in [0.29, 0.717) is 17.8 Å². The number of amides is 2. The number of Topliss-reactive ketones (excluding diaryl/α,β-unsaturated/α-hetero) is 1. The van der Waals surface area contributed by atoms with Crippen LogP contribution in [0.3, 0.4) is 0 Å². The Labute approximate surface area is 230 Å². The van der Waals surface area contributed by atoms with Crippen LogP contribution in [0, 0.1) is 11.8 Å². The first kappa shape index (κ1) is 31.0. The number of hydrogen-bond acceptors (Lipinski definition) is 8. The lowest BCUT2D eigenvalue weighted by Gasteiger charge is -2.23. The van der Waals surface area contributed by atoms with Crippen LogP contribution < -0.4 is 10.6 Å². The van der Waals surface area contributed by atoms with Gasteiger partial charge in [-0.05, 0) is 42.5 Å². The highest BCUT2D eigenvalue weighted by molar-refractivity contribution is 6.03. The van der Waals surface area contributed by atoms with E-state index in [1.54, 1.807) is 29.4 Å². The molecule has 0 bridgehead atoms. The Morgan fingerprint density at radius 1 is 1.03 bits per heavy atom. The number of carbonyl (C=O) groups is 3. The zero-order valence-corrected chi connectivity index (χ0v) is 23.3. The largest absolute Gasteiger partial charge is 0.445 e. The molecule has 2 N–H and O–H groups in total. The Morgan fingerprint density at radius 3 is 2.28 bits per heavy atom. The molecule has 1 aromatic carbocycles. The minimum Gasteiger partial charge on any atom is -0.445 e. The lowest BCUT2D eigenvalue weighted by molar-refractivity contribution is -0.127. The normalized spacial score (nSPS) is 13.2. The molecule has 2 heterocycles. The molecule has 39 heavy (non-hydrogen) atoms. The second-order valence-corrected chi connectivity index (χ2v) is 10.1. The minimum atomic E-state index is -0.767. The molecule has 0 radical (unpaired) electrons. The van der Waals surface area contributed by atoms with Crippen molar-refractivity contribution in [2.75, 3.05) is 13.1 Å². The van der Waals surface area contributed by atoms with Crippen LogP contribution in [0.4, 0.5) is 4.79 Å². The van der Waals surface area contributed by atoms with E-state index >= 15 is 0 Å². The predicted octanol–water partition coefficient (Wildman–Crippen LogP) is 4.24. The molecular formula is C29H39N5O5. The highest BCUT2D eigenvalue weighted by Crippen LogP contribution is 2.20. The zero-order chi connectivity index (χ0) is 28.8. The number of pyridine rings is 1. The Bertz CT molecular complexity index is 1120. The van der Waals surface area contributed by atoms with E-state index in [1.165, 1.54) is 0 Å². The molecular weight excluding hydrogens is 498 g/mol. The Kier molecular flexibility index (Phi) is 12.6. The van der Waals surface area contributed by atoms with E-state index in [0.717, 1.165) is 11.5 Å². The molecule has 0 aliphatic carbocycles. The summed E-state index contributed by atoms with van der Waals surface area (Å²) < 4.78 is 5.10. The van der Waals surface area contributed by atoms with Crippen molar-refractivity contribution in [2.45, 2.75) is 53.7 Å². The summed E-state index contributed by atoms with van der Waals surface area (Å²) in [7, 11) is 0. The van der Waals surface area contributed by atoms with Crippen molar-refractivity contribution in [1.82, 2.24) is 20.5 Å². The van der Waals surface area contributed by atoms with Crippen molar-refractivity contribution in [1.29, 1.82) is 0 Å². The van der Waals surface area contributed by atoms with Gasteiger partial charge in [0.1, 0.15) is 13.2 Å². The zero-order valence-electron chi connectivity index (χ0n) is 23.3. The van der Waals surface area contributed by atoms with E-state index in [-0.39, 0.29) is 37.3 Å². The van der Waals surface area contributed by atoms with E-state index in [2.05, 4.69) is 48.1 Å². The maximum absolute atomic E-state index is 13.2. The molecule has 1 aliphatic heterocycles. The van der Waals surface area contributed by atoms with Crippen LogP contribution in [0.25, 0.3) is 0 Å². The van der Waals surface area contributed by atoms with Gasteiger partial charge in [-0.25, -0.2) is 4.79 Å². The van der Waals surface area contributed by atoms with Crippen LogP contribution >= 0.6 is 0 Å². The lowest BCUT2D eigenvalue weighted by Crippen LogP contribution is -2.49. The van der Waals surface area contributed by atoms with Crippen LogP contribution in [0.15, 0.2) is 72.5 Å². The van der Waals surface area contributed by atoms with Crippen LogP contribution in [0.1, 0.15) is 52.2 Å². The molecule has 10 nitrogen and oxygen atoms in total. The third kappa shape index (κ3) is 11.4. The van der Waals surface area contributed by atoms with Crippen molar-refractivity contribution in [3.05, 3.63) is 78.4 Å². The average molecular weight is 538 g/mol. The van der Waals surface area contributed by atoms with Crippen molar-refractivity contribution in [3.8, 4) is 0 Å². The van der Waals surface area contributed by atoms with Gasteiger partial charge in [-0.15, -0.1) is 0 Å². The molecule has 10 heteroatoms. The second kappa shape index (κ2) is 15.9. The average Bonchev–Trinajstić information content (AvgIpc) is 3.26. The number of amidine groups is 1. The van der Waals surface area contributed by atoms with Gasteiger partial charge in [0.05, 0.1) is 12.6 Å². The number of carbonyl (C=O) groups excluding carboxylic acids is 3. The molecule has 1 unspecified atom stereocenters. The number of nitrogens with zero attached hydrogens (tertiary/aromatic N) is 3. The van der Waals surface area contributed by atoms with E-state index in [9.17, 15) is 14.4 Å². The fraction of sp³-hybridized carbons (Fsp3) is 0.414. The molecule has 0 spiro atoms. The third-order valence-electron chi connectivity index (χ3n) is 5.08. The number of ketones is 1. The first-order valence-corrected chi connectivity index (χ1v) is 12.9.